The first-order chi connectivity index (χ1) is 23.2. The van der Waals surface area contributed by atoms with Crippen LogP contribution in [0, 0.1) is 0 Å². The van der Waals surface area contributed by atoms with Crippen LogP contribution in [0.4, 0.5) is 18.0 Å². The fraction of sp³-hybridized carbons (Fsp3) is 0.351. The van der Waals surface area contributed by atoms with Crippen molar-refractivity contribution in [3.63, 3.8) is 0 Å². The SMILES string of the molecule is CC1=C(C)CN([C@@H](Cc2ccc(C(F)(F)F)cc2)C(=O)N(C)CC(=O)O)C(=O)[C@@H](N(C)C(=O)OCC2c3ccccc3-c3ccccc32)C1. The number of fused-ring (bicyclic) bond motifs is 3. The fourth-order valence-corrected chi connectivity index (χ4v) is 6.52. The number of carboxylic acid groups (broad SMARTS) is 1. The monoisotopic (exact) mass is 677 g/mol. The third-order valence-electron chi connectivity index (χ3n) is 9.42. The van der Waals surface area contributed by atoms with Crippen LogP contribution in [0.25, 0.3) is 11.1 Å². The average Bonchev–Trinajstić information content (AvgIpc) is 3.33. The predicted octanol–water partition coefficient (Wildman–Crippen LogP) is 5.98. The lowest BCUT2D eigenvalue weighted by molar-refractivity contribution is -0.150. The Morgan fingerprint density at radius 2 is 1.49 bits per heavy atom. The molecular formula is C37H38F3N3O6. The number of carbonyl (C=O) groups excluding carboxylic acids is 3. The molecule has 3 amide bonds. The Bertz CT molecular complexity index is 1740. The van der Waals surface area contributed by atoms with Crippen LogP contribution in [0.5, 0.6) is 0 Å². The number of amides is 3. The Labute approximate surface area is 282 Å². The Balaban J connectivity index is 1.40. The molecule has 3 aromatic carbocycles. The number of halogens is 3. The quantitative estimate of drug-likeness (QED) is 0.280. The molecule has 0 radical (unpaired) electrons. The number of carboxylic acids is 1. The van der Waals surface area contributed by atoms with Gasteiger partial charge >= 0.3 is 18.2 Å². The van der Waals surface area contributed by atoms with Crippen molar-refractivity contribution in [2.45, 2.75) is 50.9 Å². The van der Waals surface area contributed by atoms with E-state index in [1.165, 1.54) is 36.0 Å². The van der Waals surface area contributed by atoms with Crippen LogP contribution in [0.3, 0.4) is 0 Å². The Morgan fingerprint density at radius 3 is 2.04 bits per heavy atom. The van der Waals surface area contributed by atoms with Crippen LogP contribution < -0.4 is 0 Å². The molecule has 0 bridgehead atoms. The normalized spacial score (nSPS) is 16.8. The van der Waals surface area contributed by atoms with Crippen LogP contribution in [-0.4, -0.2) is 89.6 Å². The van der Waals surface area contributed by atoms with E-state index >= 15 is 0 Å². The van der Waals surface area contributed by atoms with Gasteiger partial charge in [-0.15, -0.1) is 0 Å². The van der Waals surface area contributed by atoms with Gasteiger partial charge in [0, 0.05) is 33.0 Å². The summed E-state index contributed by atoms with van der Waals surface area (Å²) in [6.45, 7) is 3.00. The van der Waals surface area contributed by atoms with Gasteiger partial charge in [-0.25, -0.2) is 4.79 Å². The molecule has 0 unspecified atom stereocenters. The minimum absolute atomic E-state index is 0.00233. The minimum Gasteiger partial charge on any atom is -0.480 e. The molecule has 0 aromatic heterocycles. The molecule has 258 valence electrons. The lowest BCUT2D eigenvalue weighted by Gasteiger charge is -2.36. The van der Waals surface area contributed by atoms with E-state index in [-0.39, 0.29) is 31.9 Å². The van der Waals surface area contributed by atoms with Gasteiger partial charge in [-0.2, -0.15) is 13.2 Å². The number of rotatable bonds is 9. The summed E-state index contributed by atoms with van der Waals surface area (Å²) in [5, 5.41) is 9.36. The van der Waals surface area contributed by atoms with Crippen molar-refractivity contribution in [2.75, 3.05) is 33.8 Å². The maximum absolute atomic E-state index is 14.4. The zero-order valence-corrected chi connectivity index (χ0v) is 27.7. The Hall–Kier alpha value is -5.13. The van der Waals surface area contributed by atoms with Crippen molar-refractivity contribution in [3.8, 4) is 11.1 Å². The summed E-state index contributed by atoms with van der Waals surface area (Å²) >= 11 is 0. The van der Waals surface area contributed by atoms with Gasteiger partial charge < -0.3 is 19.6 Å². The molecule has 9 nitrogen and oxygen atoms in total. The number of hydrogen-bond donors (Lipinski definition) is 1. The summed E-state index contributed by atoms with van der Waals surface area (Å²) < 4.78 is 45.6. The summed E-state index contributed by atoms with van der Waals surface area (Å²) in [4.78, 5) is 56.7. The lowest BCUT2D eigenvalue weighted by Crippen LogP contribution is -2.57. The van der Waals surface area contributed by atoms with Crippen molar-refractivity contribution in [3.05, 3.63) is 106 Å². The molecule has 1 heterocycles. The smallest absolute Gasteiger partial charge is 0.416 e. The first-order valence-corrected chi connectivity index (χ1v) is 15.8. The molecule has 0 saturated heterocycles. The van der Waals surface area contributed by atoms with Gasteiger partial charge in [0.05, 0.1) is 5.56 Å². The van der Waals surface area contributed by atoms with Gasteiger partial charge in [-0.05, 0) is 60.2 Å². The molecule has 2 atom stereocenters. The predicted molar refractivity (Wildman–Crippen MR) is 176 cm³/mol. The molecule has 3 aromatic rings. The number of likely N-dealkylation sites (N-methyl/N-ethyl adjacent to an activating group) is 2. The number of benzene rings is 3. The van der Waals surface area contributed by atoms with E-state index in [9.17, 15) is 37.5 Å². The topological polar surface area (TPSA) is 107 Å². The molecule has 1 N–H and O–H groups in total. The van der Waals surface area contributed by atoms with Crippen molar-refractivity contribution in [2.24, 2.45) is 0 Å². The summed E-state index contributed by atoms with van der Waals surface area (Å²) in [6, 6.07) is 17.7. The number of carbonyl (C=O) groups is 4. The summed E-state index contributed by atoms with van der Waals surface area (Å²) in [6.07, 6.45) is -5.32. The molecule has 1 aliphatic heterocycles. The molecule has 2 aliphatic rings. The molecule has 49 heavy (non-hydrogen) atoms. The maximum Gasteiger partial charge on any atom is 0.416 e. The highest BCUT2D eigenvalue weighted by molar-refractivity contribution is 5.93. The lowest BCUT2D eigenvalue weighted by atomic mass is 9.98. The zero-order valence-electron chi connectivity index (χ0n) is 27.7. The first kappa shape index (κ1) is 35.2. The second-order valence-corrected chi connectivity index (χ2v) is 12.7. The van der Waals surface area contributed by atoms with E-state index in [0.717, 1.165) is 50.4 Å². The molecule has 5 rings (SSSR count). The van der Waals surface area contributed by atoms with Gasteiger partial charge in [0.15, 0.2) is 0 Å². The summed E-state index contributed by atoms with van der Waals surface area (Å²) in [7, 11) is 2.74. The zero-order chi connectivity index (χ0) is 35.6. The highest BCUT2D eigenvalue weighted by Gasteiger charge is 2.41. The third-order valence-corrected chi connectivity index (χ3v) is 9.42. The Morgan fingerprint density at radius 1 is 0.918 bits per heavy atom. The van der Waals surface area contributed by atoms with Gasteiger partial charge in [-0.3, -0.25) is 19.3 Å². The van der Waals surface area contributed by atoms with Crippen LogP contribution >= 0.6 is 0 Å². The van der Waals surface area contributed by atoms with E-state index in [1.807, 2.05) is 55.5 Å². The number of aliphatic carboxylic acids is 1. The highest BCUT2D eigenvalue weighted by Crippen LogP contribution is 2.44. The van der Waals surface area contributed by atoms with E-state index in [0.29, 0.717) is 5.56 Å². The summed E-state index contributed by atoms with van der Waals surface area (Å²) in [5.41, 5.74) is 5.24. The number of hydrogen-bond acceptors (Lipinski definition) is 5. The van der Waals surface area contributed by atoms with E-state index in [1.54, 1.807) is 6.92 Å². The third kappa shape index (κ3) is 7.48. The number of alkyl halides is 3. The van der Waals surface area contributed by atoms with Crippen molar-refractivity contribution in [1.82, 2.24) is 14.7 Å². The van der Waals surface area contributed by atoms with E-state index in [2.05, 4.69) is 0 Å². The second-order valence-electron chi connectivity index (χ2n) is 12.7. The molecule has 0 spiro atoms. The average molecular weight is 678 g/mol. The fourth-order valence-electron chi connectivity index (χ4n) is 6.52. The molecular weight excluding hydrogens is 639 g/mol. The Kier molecular flexibility index (Phi) is 10.2. The minimum atomic E-state index is -4.56. The first-order valence-electron chi connectivity index (χ1n) is 15.8. The number of nitrogens with zero attached hydrogens (tertiary/aromatic N) is 3. The maximum atomic E-state index is 14.4. The molecule has 1 aliphatic carbocycles. The molecule has 0 saturated carbocycles. The van der Waals surface area contributed by atoms with Crippen LogP contribution in [0.2, 0.25) is 0 Å². The summed E-state index contributed by atoms with van der Waals surface area (Å²) in [5.74, 6) is -2.75. The van der Waals surface area contributed by atoms with E-state index < -0.39 is 54.2 Å². The number of ether oxygens (including phenoxy) is 1. The van der Waals surface area contributed by atoms with Gasteiger partial charge in [0.25, 0.3) is 0 Å². The van der Waals surface area contributed by atoms with Crippen LogP contribution in [0.15, 0.2) is 83.9 Å². The standard InChI is InChI=1S/C37H38F3N3O6/c1-22-17-31(42(4)36(48)49-21-30-28-11-7-5-9-26(28)27-10-6-8-12-29(27)30)35(47)43(19-23(22)2)32(34(46)41(3)20-33(44)45)18-24-13-15-25(16-14-24)37(38,39)40/h5-16,30-32H,17-21H2,1-4H3,(H,44,45)/t31-,32-/m0/s1. The van der Waals surface area contributed by atoms with Crippen LogP contribution in [0.1, 0.15) is 48.4 Å². The van der Waals surface area contributed by atoms with Crippen LogP contribution in [-0.2, 0) is 31.7 Å². The van der Waals surface area contributed by atoms with Crippen molar-refractivity contribution < 1.29 is 42.2 Å². The second kappa shape index (κ2) is 14.2. The molecule has 0 fully saturated rings. The largest absolute Gasteiger partial charge is 0.480 e. The van der Waals surface area contributed by atoms with Gasteiger partial charge in [-0.1, -0.05) is 71.8 Å². The van der Waals surface area contributed by atoms with E-state index in [4.69, 9.17) is 4.74 Å². The van der Waals surface area contributed by atoms with Gasteiger partial charge in [0.2, 0.25) is 11.8 Å². The van der Waals surface area contributed by atoms with Crippen molar-refractivity contribution in [1.29, 1.82) is 0 Å². The molecule has 12 heteroatoms. The van der Waals surface area contributed by atoms with Gasteiger partial charge in [0.1, 0.15) is 25.2 Å². The van der Waals surface area contributed by atoms with Crippen molar-refractivity contribution >= 4 is 23.9 Å². The highest BCUT2D eigenvalue weighted by atomic mass is 19.4.